The zero-order valence-electron chi connectivity index (χ0n) is 8.31. The maximum Gasteiger partial charge on any atom is 0.221 e. The van der Waals surface area contributed by atoms with Gasteiger partial charge in [-0.3, -0.25) is 4.79 Å². The van der Waals surface area contributed by atoms with Gasteiger partial charge >= 0.3 is 0 Å². The quantitative estimate of drug-likeness (QED) is 0.530. The molecule has 1 N–H and O–H groups in total. The summed E-state index contributed by atoms with van der Waals surface area (Å²) in [6, 6.07) is 0.273. The van der Waals surface area contributed by atoms with Gasteiger partial charge in [-0.2, -0.15) is 11.8 Å². The molecule has 0 aromatic heterocycles. The first-order valence-corrected chi connectivity index (χ1v) is 6.32. The maximum atomic E-state index is 11.1. The second-order valence-corrected chi connectivity index (χ2v) is 4.66. The standard InChI is InChI=1S/C9H18ClNOS/c1-3-13-7-5-8(2)11-9(12)4-6-10/h8H,3-7H2,1-2H3,(H,11,12). The molecule has 1 atom stereocenters. The monoisotopic (exact) mass is 223 g/mol. The van der Waals surface area contributed by atoms with Crippen LogP contribution in [-0.4, -0.2) is 29.3 Å². The van der Waals surface area contributed by atoms with Crippen molar-refractivity contribution < 1.29 is 4.79 Å². The molecule has 0 aliphatic carbocycles. The Balaban J connectivity index is 3.38. The molecule has 0 rings (SSSR count). The minimum atomic E-state index is 0.0593. The van der Waals surface area contributed by atoms with Crippen molar-refractivity contribution in [1.29, 1.82) is 0 Å². The number of hydrogen-bond donors (Lipinski definition) is 1. The summed E-state index contributed by atoms with van der Waals surface area (Å²) in [6.07, 6.45) is 1.46. The Morgan fingerprint density at radius 1 is 1.62 bits per heavy atom. The van der Waals surface area contributed by atoms with Gasteiger partial charge in [0, 0.05) is 18.3 Å². The van der Waals surface area contributed by atoms with Gasteiger partial charge in [0.25, 0.3) is 0 Å². The lowest BCUT2D eigenvalue weighted by atomic mass is 10.2. The van der Waals surface area contributed by atoms with Crippen molar-refractivity contribution in [2.75, 3.05) is 17.4 Å². The SMILES string of the molecule is CCSCCC(C)NC(=O)CCCl. The van der Waals surface area contributed by atoms with Crippen molar-refractivity contribution in [1.82, 2.24) is 5.32 Å². The summed E-state index contributed by atoms with van der Waals surface area (Å²) in [7, 11) is 0. The van der Waals surface area contributed by atoms with Gasteiger partial charge in [0.1, 0.15) is 0 Å². The van der Waals surface area contributed by atoms with Gasteiger partial charge in [0.2, 0.25) is 5.91 Å². The molecule has 4 heteroatoms. The number of hydrogen-bond acceptors (Lipinski definition) is 2. The summed E-state index contributed by atoms with van der Waals surface area (Å²) in [5.41, 5.74) is 0. The van der Waals surface area contributed by atoms with Crippen LogP contribution in [0, 0.1) is 0 Å². The molecule has 0 aromatic carbocycles. The Morgan fingerprint density at radius 3 is 2.85 bits per heavy atom. The third-order valence-electron chi connectivity index (χ3n) is 1.63. The zero-order valence-corrected chi connectivity index (χ0v) is 9.88. The minimum absolute atomic E-state index is 0.0593. The van der Waals surface area contributed by atoms with Crippen LogP contribution in [0.15, 0.2) is 0 Å². The fourth-order valence-electron chi connectivity index (χ4n) is 0.909. The van der Waals surface area contributed by atoms with Gasteiger partial charge < -0.3 is 5.32 Å². The Labute approximate surface area is 89.8 Å². The Bertz CT molecular complexity index is 144. The number of carbonyl (C=O) groups excluding carboxylic acids is 1. The second-order valence-electron chi connectivity index (χ2n) is 2.89. The van der Waals surface area contributed by atoms with E-state index in [2.05, 4.69) is 12.2 Å². The van der Waals surface area contributed by atoms with Crippen LogP contribution in [0.25, 0.3) is 0 Å². The van der Waals surface area contributed by atoms with E-state index in [4.69, 9.17) is 11.6 Å². The average Bonchev–Trinajstić information content (AvgIpc) is 2.05. The maximum absolute atomic E-state index is 11.1. The highest BCUT2D eigenvalue weighted by molar-refractivity contribution is 7.99. The lowest BCUT2D eigenvalue weighted by Crippen LogP contribution is -2.32. The van der Waals surface area contributed by atoms with Crippen LogP contribution < -0.4 is 5.32 Å². The highest BCUT2D eigenvalue weighted by atomic mass is 35.5. The van der Waals surface area contributed by atoms with Crippen LogP contribution in [0.3, 0.4) is 0 Å². The van der Waals surface area contributed by atoms with Crippen LogP contribution in [0.4, 0.5) is 0 Å². The molecule has 0 spiro atoms. The smallest absolute Gasteiger partial charge is 0.221 e. The van der Waals surface area contributed by atoms with Crippen LogP contribution in [-0.2, 0) is 4.79 Å². The van der Waals surface area contributed by atoms with Crippen LogP contribution in [0.5, 0.6) is 0 Å². The number of halogens is 1. The molecule has 0 saturated heterocycles. The average molecular weight is 224 g/mol. The molecule has 0 aromatic rings. The van der Waals surface area contributed by atoms with Gasteiger partial charge in [-0.05, 0) is 24.9 Å². The summed E-state index contributed by atoms with van der Waals surface area (Å²) in [6.45, 7) is 4.17. The van der Waals surface area contributed by atoms with Crippen molar-refractivity contribution in [3.05, 3.63) is 0 Å². The van der Waals surface area contributed by atoms with E-state index in [-0.39, 0.29) is 11.9 Å². The molecule has 1 amide bonds. The summed E-state index contributed by atoms with van der Waals surface area (Å²) >= 11 is 7.34. The molecule has 13 heavy (non-hydrogen) atoms. The highest BCUT2D eigenvalue weighted by Crippen LogP contribution is 2.03. The van der Waals surface area contributed by atoms with Crippen LogP contribution in [0.2, 0.25) is 0 Å². The Hall–Kier alpha value is 0.110. The predicted octanol–water partition coefficient (Wildman–Crippen LogP) is 2.26. The van der Waals surface area contributed by atoms with E-state index in [1.807, 2.05) is 18.7 Å². The third-order valence-corrected chi connectivity index (χ3v) is 2.75. The van der Waals surface area contributed by atoms with Crippen molar-refractivity contribution >= 4 is 29.3 Å². The number of nitrogens with one attached hydrogen (secondary N) is 1. The number of alkyl halides is 1. The van der Waals surface area contributed by atoms with Gasteiger partial charge in [-0.1, -0.05) is 6.92 Å². The molecule has 0 radical (unpaired) electrons. The number of amides is 1. The van der Waals surface area contributed by atoms with E-state index >= 15 is 0 Å². The minimum Gasteiger partial charge on any atom is -0.354 e. The van der Waals surface area contributed by atoms with Gasteiger partial charge in [0.05, 0.1) is 0 Å². The van der Waals surface area contributed by atoms with E-state index in [1.54, 1.807) is 0 Å². The zero-order chi connectivity index (χ0) is 10.1. The van der Waals surface area contributed by atoms with Crippen molar-refractivity contribution in [2.45, 2.75) is 32.7 Å². The molecular weight excluding hydrogens is 206 g/mol. The summed E-state index contributed by atoms with van der Waals surface area (Å²) in [4.78, 5) is 11.1. The van der Waals surface area contributed by atoms with Gasteiger partial charge in [-0.25, -0.2) is 0 Å². The highest BCUT2D eigenvalue weighted by Gasteiger charge is 2.05. The van der Waals surface area contributed by atoms with E-state index in [1.165, 1.54) is 0 Å². The fraction of sp³-hybridized carbons (Fsp3) is 0.889. The molecule has 0 bridgehead atoms. The largest absolute Gasteiger partial charge is 0.354 e. The number of carbonyl (C=O) groups is 1. The van der Waals surface area contributed by atoms with E-state index in [9.17, 15) is 4.79 Å². The summed E-state index contributed by atoms with van der Waals surface area (Å²) in [5, 5.41) is 2.90. The van der Waals surface area contributed by atoms with Gasteiger partial charge in [-0.15, -0.1) is 11.6 Å². The van der Waals surface area contributed by atoms with Crippen molar-refractivity contribution in [3.63, 3.8) is 0 Å². The predicted molar refractivity (Wildman–Crippen MR) is 60.6 cm³/mol. The first-order chi connectivity index (χ1) is 6.20. The number of thioether (sulfide) groups is 1. The van der Waals surface area contributed by atoms with Crippen molar-refractivity contribution in [3.8, 4) is 0 Å². The third kappa shape index (κ3) is 8.44. The molecule has 78 valence electrons. The molecule has 0 aliphatic rings. The van der Waals surface area contributed by atoms with E-state index in [0.29, 0.717) is 12.3 Å². The summed E-state index contributed by atoms with van der Waals surface area (Å²) in [5.74, 6) is 2.72. The van der Waals surface area contributed by atoms with E-state index in [0.717, 1.165) is 17.9 Å². The summed E-state index contributed by atoms with van der Waals surface area (Å²) < 4.78 is 0. The molecule has 1 unspecified atom stereocenters. The van der Waals surface area contributed by atoms with Crippen LogP contribution in [0.1, 0.15) is 26.7 Å². The first kappa shape index (κ1) is 13.1. The lowest BCUT2D eigenvalue weighted by Gasteiger charge is -2.12. The fourth-order valence-corrected chi connectivity index (χ4v) is 1.89. The van der Waals surface area contributed by atoms with Crippen LogP contribution >= 0.6 is 23.4 Å². The molecule has 0 saturated carbocycles. The van der Waals surface area contributed by atoms with E-state index < -0.39 is 0 Å². The normalized spacial score (nSPS) is 12.5. The molecule has 0 heterocycles. The second kappa shape index (κ2) is 8.70. The molecule has 2 nitrogen and oxygen atoms in total. The van der Waals surface area contributed by atoms with Crippen molar-refractivity contribution in [2.24, 2.45) is 0 Å². The molecule has 0 aliphatic heterocycles. The van der Waals surface area contributed by atoms with Gasteiger partial charge in [0.15, 0.2) is 0 Å². The Morgan fingerprint density at radius 2 is 2.31 bits per heavy atom. The topological polar surface area (TPSA) is 29.1 Å². The number of rotatable bonds is 7. The Kier molecular flexibility index (Phi) is 8.77. The molecular formula is C9H18ClNOS. The first-order valence-electron chi connectivity index (χ1n) is 4.63. The lowest BCUT2D eigenvalue weighted by molar-refractivity contribution is -0.121. The molecule has 0 fully saturated rings.